The zero-order valence-corrected chi connectivity index (χ0v) is 14.3. The van der Waals surface area contributed by atoms with Crippen molar-refractivity contribution in [3.63, 3.8) is 0 Å². The molecule has 0 fully saturated rings. The number of nitrogens with one attached hydrogen (secondary N) is 2. The van der Waals surface area contributed by atoms with Crippen LogP contribution < -0.4 is 10.1 Å². The maximum atomic E-state index is 5.26. The molecule has 0 radical (unpaired) electrons. The summed E-state index contributed by atoms with van der Waals surface area (Å²) in [5.41, 5.74) is 5.45. The average molecular weight is 325 g/mol. The first-order chi connectivity index (χ1) is 11.7. The van der Waals surface area contributed by atoms with E-state index in [-0.39, 0.29) is 0 Å². The van der Waals surface area contributed by atoms with E-state index < -0.39 is 0 Å². The summed E-state index contributed by atoms with van der Waals surface area (Å²) in [5.74, 6) is 0.832. The van der Waals surface area contributed by atoms with Gasteiger partial charge < -0.3 is 10.1 Å². The lowest BCUT2D eigenvalue weighted by atomic mass is 10.1. The summed E-state index contributed by atoms with van der Waals surface area (Å²) in [7, 11) is 1.67. The van der Waals surface area contributed by atoms with Gasteiger partial charge in [0.25, 0.3) is 0 Å². The first-order valence-corrected chi connectivity index (χ1v) is 8.12. The number of aromatic amines is 1. The number of nitrogens with zero attached hydrogens (tertiary/aromatic N) is 3. The van der Waals surface area contributed by atoms with Gasteiger partial charge in [-0.1, -0.05) is 12.1 Å². The summed E-state index contributed by atoms with van der Waals surface area (Å²) in [6.45, 7) is 6.62. The molecule has 0 atom stereocenters. The van der Waals surface area contributed by atoms with Crippen LogP contribution >= 0.6 is 0 Å². The molecule has 0 spiro atoms. The maximum absolute atomic E-state index is 5.26. The van der Waals surface area contributed by atoms with Crippen molar-refractivity contribution in [3.05, 3.63) is 53.5 Å². The van der Waals surface area contributed by atoms with Crippen LogP contribution in [0.25, 0.3) is 11.3 Å². The highest BCUT2D eigenvalue weighted by Gasteiger charge is 2.07. The molecule has 0 aliphatic heterocycles. The van der Waals surface area contributed by atoms with Crippen LogP contribution in [0.3, 0.4) is 0 Å². The molecule has 0 unspecified atom stereocenters. The first kappa shape index (κ1) is 16.3. The van der Waals surface area contributed by atoms with Crippen LogP contribution in [-0.2, 0) is 19.6 Å². The Morgan fingerprint density at radius 2 is 2.12 bits per heavy atom. The summed E-state index contributed by atoms with van der Waals surface area (Å²) in [6.07, 6.45) is 1.93. The normalized spacial score (nSPS) is 11.0. The molecule has 3 aromatic rings. The lowest BCUT2D eigenvalue weighted by Gasteiger charge is -2.04. The van der Waals surface area contributed by atoms with E-state index in [4.69, 9.17) is 4.74 Å². The molecule has 3 rings (SSSR count). The molecule has 0 aliphatic rings. The SMILES string of the molecule is CCn1ncc(CNCc2cc(-c3cccc(OC)c3)n[nH]2)c1C. The molecule has 0 aliphatic carbocycles. The van der Waals surface area contributed by atoms with Gasteiger partial charge >= 0.3 is 0 Å². The second-order valence-electron chi connectivity index (χ2n) is 5.68. The van der Waals surface area contributed by atoms with Gasteiger partial charge in [0.05, 0.1) is 19.0 Å². The largest absolute Gasteiger partial charge is 0.497 e. The Balaban J connectivity index is 1.60. The van der Waals surface area contributed by atoms with Gasteiger partial charge in [0.15, 0.2) is 0 Å². The summed E-state index contributed by atoms with van der Waals surface area (Å²) < 4.78 is 7.27. The minimum Gasteiger partial charge on any atom is -0.497 e. The van der Waals surface area contributed by atoms with E-state index >= 15 is 0 Å². The van der Waals surface area contributed by atoms with E-state index in [1.54, 1.807) is 7.11 Å². The summed E-state index contributed by atoms with van der Waals surface area (Å²) in [4.78, 5) is 0. The van der Waals surface area contributed by atoms with E-state index in [0.29, 0.717) is 0 Å². The number of aromatic nitrogens is 4. The van der Waals surface area contributed by atoms with Crippen molar-refractivity contribution in [1.82, 2.24) is 25.3 Å². The van der Waals surface area contributed by atoms with Crippen LogP contribution in [0.5, 0.6) is 5.75 Å². The van der Waals surface area contributed by atoms with Crippen LogP contribution in [0.1, 0.15) is 23.9 Å². The molecule has 6 heteroatoms. The fourth-order valence-corrected chi connectivity index (χ4v) is 2.69. The number of aryl methyl sites for hydroxylation is 1. The van der Waals surface area contributed by atoms with Crippen molar-refractivity contribution in [2.45, 2.75) is 33.5 Å². The Morgan fingerprint density at radius 1 is 1.25 bits per heavy atom. The predicted molar refractivity (Wildman–Crippen MR) is 93.8 cm³/mol. The number of rotatable bonds is 7. The average Bonchev–Trinajstić information content (AvgIpc) is 3.22. The van der Waals surface area contributed by atoms with Crippen molar-refractivity contribution < 1.29 is 4.74 Å². The molecule has 0 saturated heterocycles. The summed E-state index contributed by atoms with van der Waals surface area (Å²) in [6, 6.07) is 9.96. The Bertz CT molecular complexity index is 805. The zero-order valence-electron chi connectivity index (χ0n) is 14.3. The maximum Gasteiger partial charge on any atom is 0.119 e. The molecule has 1 aromatic carbocycles. The second kappa shape index (κ2) is 7.31. The smallest absolute Gasteiger partial charge is 0.119 e. The highest BCUT2D eigenvalue weighted by molar-refractivity contribution is 5.61. The lowest BCUT2D eigenvalue weighted by Crippen LogP contribution is -2.13. The van der Waals surface area contributed by atoms with Crippen LogP contribution in [0, 0.1) is 6.92 Å². The Hall–Kier alpha value is -2.60. The number of ether oxygens (including phenoxy) is 1. The van der Waals surface area contributed by atoms with Crippen LogP contribution in [-0.4, -0.2) is 27.1 Å². The second-order valence-corrected chi connectivity index (χ2v) is 5.68. The third-order valence-electron chi connectivity index (χ3n) is 4.13. The van der Waals surface area contributed by atoms with E-state index in [9.17, 15) is 0 Å². The third kappa shape index (κ3) is 3.49. The summed E-state index contributed by atoms with van der Waals surface area (Å²) >= 11 is 0. The van der Waals surface area contributed by atoms with Gasteiger partial charge in [0, 0.05) is 42.1 Å². The minimum atomic E-state index is 0.730. The zero-order chi connectivity index (χ0) is 16.9. The van der Waals surface area contributed by atoms with Crippen molar-refractivity contribution >= 4 is 0 Å². The predicted octanol–water partition coefficient (Wildman–Crippen LogP) is 2.90. The van der Waals surface area contributed by atoms with Crippen LogP contribution in [0.4, 0.5) is 0 Å². The Labute approximate surface area is 141 Å². The fraction of sp³-hybridized carbons (Fsp3) is 0.333. The Morgan fingerprint density at radius 3 is 2.88 bits per heavy atom. The molecule has 6 nitrogen and oxygen atoms in total. The highest BCUT2D eigenvalue weighted by atomic mass is 16.5. The van der Waals surface area contributed by atoms with Gasteiger partial charge in [-0.05, 0) is 32.0 Å². The number of hydrogen-bond donors (Lipinski definition) is 2. The topological polar surface area (TPSA) is 67.8 Å². The molecular weight excluding hydrogens is 302 g/mol. The number of methoxy groups -OCH3 is 1. The third-order valence-corrected chi connectivity index (χ3v) is 4.13. The number of benzene rings is 1. The molecule has 0 saturated carbocycles. The molecule has 2 heterocycles. The first-order valence-electron chi connectivity index (χ1n) is 8.12. The monoisotopic (exact) mass is 325 g/mol. The van der Waals surface area contributed by atoms with E-state index in [0.717, 1.165) is 42.3 Å². The Kier molecular flexibility index (Phi) is 4.96. The fourth-order valence-electron chi connectivity index (χ4n) is 2.69. The van der Waals surface area contributed by atoms with Crippen LogP contribution in [0.15, 0.2) is 36.5 Å². The van der Waals surface area contributed by atoms with Gasteiger partial charge in [-0.3, -0.25) is 9.78 Å². The van der Waals surface area contributed by atoms with E-state index in [1.807, 2.05) is 35.1 Å². The highest BCUT2D eigenvalue weighted by Crippen LogP contribution is 2.22. The van der Waals surface area contributed by atoms with E-state index in [1.165, 1.54) is 11.3 Å². The molecule has 2 N–H and O–H groups in total. The summed E-state index contributed by atoms with van der Waals surface area (Å²) in [5, 5.41) is 15.3. The molecule has 0 bridgehead atoms. The van der Waals surface area contributed by atoms with Crippen LogP contribution in [0.2, 0.25) is 0 Å². The van der Waals surface area contributed by atoms with Gasteiger partial charge in [-0.15, -0.1) is 0 Å². The van der Waals surface area contributed by atoms with Gasteiger partial charge in [-0.2, -0.15) is 10.2 Å². The molecular formula is C18H23N5O. The molecule has 126 valence electrons. The molecule has 2 aromatic heterocycles. The standard InChI is InChI=1S/C18H23N5O/c1-4-23-13(2)15(11-20-23)10-19-12-16-9-18(22-21-16)14-6-5-7-17(8-14)24-3/h5-9,11,19H,4,10,12H2,1-3H3,(H,21,22). The molecule has 0 amide bonds. The molecule has 24 heavy (non-hydrogen) atoms. The number of hydrogen-bond acceptors (Lipinski definition) is 4. The minimum absolute atomic E-state index is 0.730. The van der Waals surface area contributed by atoms with Crippen molar-refractivity contribution in [3.8, 4) is 17.0 Å². The number of H-pyrrole nitrogens is 1. The van der Waals surface area contributed by atoms with Crippen molar-refractivity contribution in [1.29, 1.82) is 0 Å². The van der Waals surface area contributed by atoms with Gasteiger partial charge in [-0.25, -0.2) is 0 Å². The van der Waals surface area contributed by atoms with Gasteiger partial charge in [0.1, 0.15) is 5.75 Å². The van der Waals surface area contributed by atoms with Gasteiger partial charge in [0.2, 0.25) is 0 Å². The van der Waals surface area contributed by atoms with Crippen molar-refractivity contribution in [2.24, 2.45) is 0 Å². The van der Waals surface area contributed by atoms with Crippen molar-refractivity contribution in [2.75, 3.05) is 7.11 Å². The lowest BCUT2D eigenvalue weighted by molar-refractivity contribution is 0.415. The quantitative estimate of drug-likeness (QED) is 0.701. The van der Waals surface area contributed by atoms with E-state index in [2.05, 4.69) is 40.5 Å².